The van der Waals surface area contributed by atoms with Gasteiger partial charge in [0.15, 0.2) is 5.76 Å². The predicted molar refractivity (Wildman–Crippen MR) is 96.3 cm³/mol. The minimum absolute atomic E-state index is 0.449. The van der Waals surface area contributed by atoms with Crippen LogP contribution < -0.4 is 0 Å². The monoisotopic (exact) mass is 360 g/mol. The molecule has 0 fully saturated rings. The van der Waals surface area contributed by atoms with Crippen molar-refractivity contribution in [3.63, 3.8) is 0 Å². The van der Waals surface area contributed by atoms with E-state index < -0.39 is 13.8 Å². The minimum Gasteiger partial charge on any atom is -0.443 e. The quantitative estimate of drug-likeness (QED) is 0.337. The average molecular weight is 361 g/mol. The normalized spacial score (nSPS) is 14.3. The maximum atomic E-state index is 12.1. The molecule has 0 spiro atoms. The lowest BCUT2D eigenvalue weighted by atomic mass is 10.0. The van der Waals surface area contributed by atoms with Crippen molar-refractivity contribution >= 4 is 25.2 Å². The first-order valence-electron chi connectivity index (χ1n) is 7.83. The van der Waals surface area contributed by atoms with E-state index in [0.717, 1.165) is 11.1 Å². The van der Waals surface area contributed by atoms with Gasteiger partial charge in [-0.25, -0.2) is 0 Å². The highest BCUT2D eigenvalue weighted by molar-refractivity contribution is 7.39. The fourth-order valence-electron chi connectivity index (χ4n) is 2.25. The fraction of sp³-hybridized carbons (Fsp3) is 0.529. The van der Waals surface area contributed by atoms with E-state index in [-0.39, 0.29) is 0 Å². The van der Waals surface area contributed by atoms with E-state index in [1.807, 2.05) is 39.8 Å². The van der Waals surface area contributed by atoms with Crippen LogP contribution >= 0.6 is 19.6 Å². The molecule has 23 heavy (non-hydrogen) atoms. The summed E-state index contributed by atoms with van der Waals surface area (Å²) >= 11 is 5.95. The standard InChI is InChI=1S/C17H26ClO4P/c1-6-20-17(5,21-7-2)16(22-23(19)8-3)13(4)14-9-11-15(18)12-10-14/h9-12,23H,6-8H2,1-5H3. The highest BCUT2D eigenvalue weighted by Gasteiger charge is 2.35. The molecule has 0 saturated heterocycles. The van der Waals surface area contributed by atoms with Crippen molar-refractivity contribution in [2.75, 3.05) is 19.4 Å². The molecule has 0 N–H and O–H groups in total. The Bertz CT molecular complexity index is 548. The van der Waals surface area contributed by atoms with E-state index in [2.05, 4.69) is 0 Å². The number of rotatable bonds is 9. The lowest BCUT2D eigenvalue weighted by Gasteiger charge is -2.32. The largest absolute Gasteiger partial charge is 0.443 e. The number of halogens is 1. The van der Waals surface area contributed by atoms with Crippen LogP contribution in [0.5, 0.6) is 0 Å². The molecular formula is C17H26ClO4P. The zero-order valence-electron chi connectivity index (χ0n) is 14.4. The van der Waals surface area contributed by atoms with Crippen LogP contribution in [-0.2, 0) is 18.6 Å². The number of allylic oxidation sites excluding steroid dienone is 1. The second-order valence-electron chi connectivity index (χ2n) is 5.10. The minimum atomic E-state index is -2.20. The highest BCUT2D eigenvalue weighted by atomic mass is 35.5. The molecule has 1 atom stereocenters. The van der Waals surface area contributed by atoms with Crippen LogP contribution in [0.1, 0.15) is 40.2 Å². The van der Waals surface area contributed by atoms with Gasteiger partial charge in [0.1, 0.15) is 0 Å². The van der Waals surface area contributed by atoms with E-state index >= 15 is 0 Å². The van der Waals surface area contributed by atoms with Crippen molar-refractivity contribution in [2.24, 2.45) is 0 Å². The molecule has 0 bridgehead atoms. The molecule has 6 heteroatoms. The molecule has 0 aromatic heterocycles. The first-order chi connectivity index (χ1) is 10.9. The van der Waals surface area contributed by atoms with Gasteiger partial charge in [-0.05, 0) is 45.4 Å². The smallest absolute Gasteiger partial charge is 0.236 e. The molecule has 0 aliphatic rings. The second kappa shape index (κ2) is 9.48. The van der Waals surface area contributed by atoms with Gasteiger partial charge in [0.25, 0.3) is 0 Å². The molecule has 1 aromatic rings. The average Bonchev–Trinajstić information content (AvgIpc) is 2.52. The third-order valence-corrected chi connectivity index (χ3v) is 4.64. The van der Waals surface area contributed by atoms with Gasteiger partial charge in [0.05, 0.1) is 0 Å². The third-order valence-electron chi connectivity index (χ3n) is 3.37. The second-order valence-corrected chi connectivity index (χ2v) is 7.19. The summed E-state index contributed by atoms with van der Waals surface area (Å²) in [6.45, 7) is 10.2. The molecule has 0 radical (unpaired) electrons. The van der Waals surface area contributed by atoms with Crippen LogP contribution in [0.3, 0.4) is 0 Å². The van der Waals surface area contributed by atoms with Gasteiger partial charge >= 0.3 is 0 Å². The number of benzene rings is 1. The zero-order chi connectivity index (χ0) is 17.5. The Morgan fingerprint density at radius 2 is 1.65 bits per heavy atom. The Kier molecular flexibility index (Phi) is 8.35. The zero-order valence-corrected chi connectivity index (χ0v) is 16.2. The Hall–Kier alpha value is -0.800. The van der Waals surface area contributed by atoms with Crippen molar-refractivity contribution in [2.45, 2.75) is 40.4 Å². The van der Waals surface area contributed by atoms with Crippen LogP contribution in [0, 0.1) is 0 Å². The third kappa shape index (κ3) is 5.65. The lowest BCUT2D eigenvalue weighted by Crippen LogP contribution is -2.36. The maximum absolute atomic E-state index is 12.1. The van der Waals surface area contributed by atoms with E-state index in [0.29, 0.717) is 30.2 Å². The fourth-order valence-corrected chi connectivity index (χ4v) is 3.09. The molecule has 1 aromatic carbocycles. The molecule has 130 valence electrons. The Balaban J connectivity index is 3.39. The van der Waals surface area contributed by atoms with Crippen molar-refractivity contribution in [1.29, 1.82) is 0 Å². The summed E-state index contributed by atoms with van der Waals surface area (Å²) in [5.74, 6) is -0.628. The molecule has 0 saturated carbocycles. The van der Waals surface area contributed by atoms with Gasteiger partial charge in [-0.2, -0.15) is 0 Å². The SMILES string of the molecule is CCOC(C)(OCC)C(O[PH](=O)CC)=C(C)c1ccc(Cl)cc1. The Labute approximate surface area is 144 Å². The van der Waals surface area contributed by atoms with E-state index in [1.54, 1.807) is 19.1 Å². The summed E-state index contributed by atoms with van der Waals surface area (Å²) < 4.78 is 29.4. The van der Waals surface area contributed by atoms with Gasteiger partial charge in [-0.3, -0.25) is 4.57 Å². The van der Waals surface area contributed by atoms with Crippen LogP contribution in [0.15, 0.2) is 30.0 Å². The van der Waals surface area contributed by atoms with Gasteiger partial charge in [-0.15, -0.1) is 0 Å². The summed E-state index contributed by atoms with van der Waals surface area (Å²) in [6, 6.07) is 7.39. The van der Waals surface area contributed by atoms with E-state index in [4.69, 9.17) is 25.6 Å². The molecule has 0 heterocycles. The van der Waals surface area contributed by atoms with Crippen LogP contribution in [-0.4, -0.2) is 25.2 Å². The molecule has 0 aliphatic carbocycles. The number of ether oxygens (including phenoxy) is 2. The van der Waals surface area contributed by atoms with Crippen molar-refractivity contribution in [1.82, 2.24) is 0 Å². The maximum Gasteiger partial charge on any atom is 0.236 e. The Morgan fingerprint density at radius 3 is 2.09 bits per heavy atom. The summed E-state index contributed by atoms with van der Waals surface area (Å²) in [7, 11) is -2.20. The first kappa shape index (κ1) is 20.2. The van der Waals surface area contributed by atoms with Gasteiger partial charge in [0, 0.05) is 30.0 Å². The number of hydrogen-bond acceptors (Lipinski definition) is 4. The topological polar surface area (TPSA) is 44.8 Å². The van der Waals surface area contributed by atoms with Crippen LogP contribution in [0.4, 0.5) is 0 Å². The van der Waals surface area contributed by atoms with Gasteiger partial charge in [0.2, 0.25) is 13.8 Å². The summed E-state index contributed by atoms with van der Waals surface area (Å²) in [5, 5.41) is 0.656. The van der Waals surface area contributed by atoms with Gasteiger partial charge < -0.3 is 14.0 Å². The molecule has 4 nitrogen and oxygen atoms in total. The first-order valence-corrected chi connectivity index (χ1v) is 9.73. The van der Waals surface area contributed by atoms with E-state index in [9.17, 15) is 4.57 Å². The van der Waals surface area contributed by atoms with Crippen LogP contribution in [0.25, 0.3) is 5.57 Å². The van der Waals surface area contributed by atoms with Crippen molar-refractivity contribution in [3.05, 3.63) is 40.6 Å². The highest BCUT2D eigenvalue weighted by Crippen LogP contribution is 2.38. The molecule has 0 aliphatic heterocycles. The van der Waals surface area contributed by atoms with Crippen molar-refractivity contribution in [3.8, 4) is 0 Å². The predicted octanol–water partition coefficient (Wildman–Crippen LogP) is 5.37. The Morgan fingerprint density at radius 1 is 1.13 bits per heavy atom. The molecule has 0 amide bonds. The summed E-state index contributed by atoms with van der Waals surface area (Å²) in [5.41, 5.74) is 1.74. The van der Waals surface area contributed by atoms with Crippen LogP contribution in [0.2, 0.25) is 5.02 Å². The molecular weight excluding hydrogens is 335 g/mol. The summed E-state index contributed by atoms with van der Waals surface area (Å²) in [4.78, 5) is 0. The lowest BCUT2D eigenvalue weighted by molar-refractivity contribution is -0.208. The van der Waals surface area contributed by atoms with E-state index in [1.165, 1.54) is 0 Å². The molecule has 1 rings (SSSR count). The van der Waals surface area contributed by atoms with Gasteiger partial charge in [-0.1, -0.05) is 30.7 Å². The summed E-state index contributed by atoms with van der Waals surface area (Å²) in [6.07, 6.45) is 0.455. The van der Waals surface area contributed by atoms with Crippen molar-refractivity contribution < 1.29 is 18.6 Å². The molecule has 1 unspecified atom stereocenters. The number of hydrogen-bond donors (Lipinski definition) is 0.